The summed E-state index contributed by atoms with van der Waals surface area (Å²) in [6.45, 7) is 2.98. The Bertz CT molecular complexity index is 394. The van der Waals surface area contributed by atoms with E-state index in [2.05, 4.69) is 5.32 Å². The molecule has 0 atom stereocenters. The maximum atomic E-state index is 12.6. The van der Waals surface area contributed by atoms with Gasteiger partial charge in [0.1, 0.15) is 5.82 Å². The number of hydrogen-bond donors (Lipinski definition) is 2. The third-order valence-electron chi connectivity index (χ3n) is 2.49. The van der Waals surface area contributed by atoms with Gasteiger partial charge in [0.2, 0.25) is 0 Å². The number of nitrogens with two attached hydrogens (primary N) is 1. The zero-order chi connectivity index (χ0) is 11.8. The van der Waals surface area contributed by atoms with Crippen LogP contribution < -0.4 is 11.1 Å². The third kappa shape index (κ3) is 2.30. The Kier molecular flexibility index (Phi) is 2.55. The van der Waals surface area contributed by atoms with E-state index in [0.717, 1.165) is 0 Å². The van der Waals surface area contributed by atoms with Crippen LogP contribution >= 0.6 is 0 Å². The van der Waals surface area contributed by atoms with Crippen LogP contribution in [0.25, 0.3) is 0 Å². The van der Waals surface area contributed by atoms with E-state index in [1.807, 2.05) is 6.92 Å². The molecule has 0 spiro atoms. The quantitative estimate of drug-likeness (QED) is 0.755. The van der Waals surface area contributed by atoms with Gasteiger partial charge >= 0.3 is 6.03 Å². The summed E-state index contributed by atoms with van der Waals surface area (Å²) in [5, 5.41) is 2.67. The SMILES string of the molecule is CC1(N)CN(C(=O)Nc2ccc(F)cc2)C1. The molecule has 0 unspecified atom stereocenters. The average molecular weight is 223 g/mol. The lowest BCUT2D eigenvalue weighted by Gasteiger charge is -2.45. The number of nitrogens with one attached hydrogen (secondary N) is 1. The molecule has 1 saturated heterocycles. The van der Waals surface area contributed by atoms with Crippen molar-refractivity contribution in [3.05, 3.63) is 30.1 Å². The molecule has 1 aliphatic heterocycles. The Labute approximate surface area is 93.2 Å². The van der Waals surface area contributed by atoms with Crippen LogP contribution in [0, 0.1) is 5.82 Å². The highest BCUT2D eigenvalue weighted by Crippen LogP contribution is 2.18. The second-order valence-electron chi connectivity index (χ2n) is 4.45. The van der Waals surface area contributed by atoms with Gasteiger partial charge in [-0.1, -0.05) is 0 Å². The number of carbonyl (C=O) groups is 1. The Morgan fingerprint density at radius 2 is 2.00 bits per heavy atom. The minimum Gasteiger partial charge on any atom is -0.322 e. The summed E-state index contributed by atoms with van der Waals surface area (Å²) < 4.78 is 12.6. The lowest BCUT2D eigenvalue weighted by atomic mass is 9.94. The van der Waals surface area contributed by atoms with E-state index in [4.69, 9.17) is 5.73 Å². The van der Waals surface area contributed by atoms with Gasteiger partial charge in [0, 0.05) is 24.3 Å². The normalized spacial score (nSPS) is 17.8. The molecule has 1 aromatic rings. The largest absolute Gasteiger partial charge is 0.322 e. The summed E-state index contributed by atoms with van der Waals surface area (Å²) in [6.07, 6.45) is 0. The number of anilines is 1. The van der Waals surface area contributed by atoms with Gasteiger partial charge in [0.15, 0.2) is 0 Å². The van der Waals surface area contributed by atoms with Crippen molar-refractivity contribution >= 4 is 11.7 Å². The van der Waals surface area contributed by atoms with E-state index in [-0.39, 0.29) is 17.4 Å². The number of halogens is 1. The van der Waals surface area contributed by atoms with Gasteiger partial charge in [-0.15, -0.1) is 0 Å². The van der Waals surface area contributed by atoms with E-state index in [0.29, 0.717) is 18.8 Å². The third-order valence-corrected chi connectivity index (χ3v) is 2.49. The lowest BCUT2D eigenvalue weighted by molar-refractivity contribution is 0.117. The second-order valence-corrected chi connectivity index (χ2v) is 4.45. The van der Waals surface area contributed by atoms with Gasteiger partial charge < -0.3 is 16.0 Å². The first-order valence-corrected chi connectivity index (χ1v) is 5.07. The fraction of sp³-hybridized carbons (Fsp3) is 0.364. The minimum absolute atomic E-state index is 0.200. The van der Waals surface area contributed by atoms with Crippen LogP contribution in [0.15, 0.2) is 24.3 Å². The van der Waals surface area contributed by atoms with Gasteiger partial charge in [0.05, 0.1) is 0 Å². The molecule has 0 saturated carbocycles. The molecular formula is C11H14FN3O. The maximum Gasteiger partial charge on any atom is 0.321 e. The number of hydrogen-bond acceptors (Lipinski definition) is 2. The molecule has 0 radical (unpaired) electrons. The zero-order valence-corrected chi connectivity index (χ0v) is 9.03. The Morgan fingerprint density at radius 3 is 2.50 bits per heavy atom. The van der Waals surface area contributed by atoms with Gasteiger partial charge in [-0.2, -0.15) is 0 Å². The molecule has 5 heteroatoms. The fourth-order valence-electron chi connectivity index (χ4n) is 1.71. The minimum atomic E-state index is -0.323. The van der Waals surface area contributed by atoms with Crippen LogP contribution in [0.1, 0.15) is 6.92 Å². The standard InChI is InChI=1S/C11H14FN3O/c1-11(13)6-15(7-11)10(16)14-9-4-2-8(12)3-5-9/h2-5H,6-7,13H2,1H3,(H,14,16). The van der Waals surface area contributed by atoms with Crippen LogP contribution in [0.5, 0.6) is 0 Å². The van der Waals surface area contributed by atoms with Crippen molar-refractivity contribution in [3.8, 4) is 0 Å². The van der Waals surface area contributed by atoms with E-state index in [1.165, 1.54) is 24.3 Å². The summed E-state index contributed by atoms with van der Waals surface area (Å²) in [7, 11) is 0. The molecule has 2 rings (SSSR count). The van der Waals surface area contributed by atoms with Crippen molar-refractivity contribution in [2.75, 3.05) is 18.4 Å². The number of nitrogens with zero attached hydrogens (tertiary/aromatic N) is 1. The monoisotopic (exact) mass is 223 g/mol. The molecule has 1 heterocycles. The predicted octanol–water partition coefficient (Wildman–Crippen LogP) is 1.39. The van der Waals surface area contributed by atoms with E-state index < -0.39 is 0 Å². The van der Waals surface area contributed by atoms with Crippen molar-refractivity contribution in [3.63, 3.8) is 0 Å². The summed E-state index contributed by atoms with van der Waals surface area (Å²) >= 11 is 0. The first-order valence-electron chi connectivity index (χ1n) is 5.07. The highest BCUT2D eigenvalue weighted by molar-refractivity contribution is 5.90. The first-order chi connectivity index (χ1) is 7.46. The highest BCUT2D eigenvalue weighted by atomic mass is 19.1. The number of carbonyl (C=O) groups excluding carboxylic acids is 1. The van der Waals surface area contributed by atoms with Gasteiger partial charge in [0.25, 0.3) is 0 Å². The molecule has 86 valence electrons. The van der Waals surface area contributed by atoms with Crippen molar-refractivity contribution < 1.29 is 9.18 Å². The van der Waals surface area contributed by atoms with Crippen LogP contribution in [0.3, 0.4) is 0 Å². The highest BCUT2D eigenvalue weighted by Gasteiger charge is 2.37. The average Bonchev–Trinajstić information content (AvgIpc) is 2.18. The molecule has 1 aliphatic rings. The summed E-state index contributed by atoms with van der Waals surface area (Å²) in [6, 6.07) is 5.45. The maximum absolute atomic E-state index is 12.6. The molecular weight excluding hydrogens is 209 g/mol. The predicted molar refractivity (Wildman–Crippen MR) is 59.6 cm³/mol. The van der Waals surface area contributed by atoms with Crippen LogP contribution in [0.4, 0.5) is 14.9 Å². The number of amides is 2. The van der Waals surface area contributed by atoms with E-state index in [1.54, 1.807) is 4.90 Å². The number of likely N-dealkylation sites (tertiary alicyclic amines) is 1. The Balaban J connectivity index is 1.91. The Morgan fingerprint density at radius 1 is 1.44 bits per heavy atom. The van der Waals surface area contributed by atoms with Crippen LogP contribution in [-0.4, -0.2) is 29.6 Å². The van der Waals surface area contributed by atoms with Crippen molar-refractivity contribution in [2.45, 2.75) is 12.5 Å². The molecule has 3 N–H and O–H groups in total. The lowest BCUT2D eigenvalue weighted by Crippen LogP contribution is -2.67. The Hall–Kier alpha value is -1.62. The van der Waals surface area contributed by atoms with Crippen LogP contribution in [-0.2, 0) is 0 Å². The molecule has 0 bridgehead atoms. The van der Waals surface area contributed by atoms with Crippen molar-refractivity contribution in [1.29, 1.82) is 0 Å². The topological polar surface area (TPSA) is 58.4 Å². The van der Waals surface area contributed by atoms with Crippen molar-refractivity contribution in [1.82, 2.24) is 4.90 Å². The van der Waals surface area contributed by atoms with E-state index >= 15 is 0 Å². The molecule has 16 heavy (non-hydrogen) atoms. The zero-order valence-electron chi connectivity index (χ0n) is 9.03. The number of benzene rings is 1. The molecule has 0 aliphatic carbocycles. The number of urea groups is 1. The summed E-state index contributed by atoms with van der Waals surface area (Å²) in [4.78, 5) is 13.2. The molecule has 1 aromatic carbocycles. The fourth-order valence-corrected chi connectivity index (χ4v) is 1.71. The molecule has 4 nitrogen and oxygen atoms in total. The van der Waals surface area contributed by atoms with Crippen molar-refractivity contribution in [2.24, 2.45) is 5.73 Å². The number of rotatable bonds is 1. The smallest absolute Gasteiger partial charge is 0.321 e. The molecule has 0 aromatic heterocycles. The second kappa shape index (κ2) is 3.75. The molecule has 2 amide bonds. The van der Waals surface area contributed by atoms with Gasteiger partial charge in [-0.3, -0.25) is 0 Å². The molecule has 1 fully saturated rings. The summed E-state index contributed by atoms with van der Waals surface area (Å²) in [5.74, 6) is -0.323. The van der Waals surface area contributed by atoms with Gasteiger partial charge in [-0.05, 0) is 31.2 Å². The van der Waals surface area contributed by atoms with E-state index in [9.17, 15) is 9.18 Å². The first kappa shape index (κ1) is 10.9. The summed E-state index contributed by atoms with van der Waals surface area (Å²) in [5.41, 5.74) is 6.09. The van der Waals surface area contributed by atoms with Crippen LogP contribution in [0.2, 0.25) is 0 Å². The van der Waals surface area contributed by atoms with Gasteiger partial charge in [-0.25, -0.2) is 9.18 Å².